The molecule has 0 saturated carbocycles. The maximum Gasteiger partial charge on any atom is 0.251 e. The van der Waals surface area contributed by atoms with Crippen LogP contribution >= 0.6 is 13.5 Å². The number of benzene rings is 1. The molecule has 7 N–H and O–H groups in total. The lowest BCUT2D eigenvalue weighted by Gasteiger charge is -2.20. The van der Waals surface area contributed by atoms with Crippen LogP contribution in [-0.4, -0.2) is 48.0 Å². The van der Waals surface area contributed by atoms with Crippen LogP contribution in [-0.2, 0) is 9.57 Å². The molecule has 198 valence electrons. The molecule has 0 spiro atoms. The predicted molar refractivity (Wildman–Crippen MR) is 145 cm³/mol. The van der Waals surface area contributed by atoms with E-state index >= 15 is 0 Å². The van der Waals surface area contributed by atoms with Crippen LogP contribution in [0.25, 0.3) is 0 Å². The lowest BCUT2D eigenvalue weighted by Crippen LogP contribution is -2.41. The van der Waals surface area contributed by atoms with Gasteiger partial charge in [-0.1, -0.05) is 53.5 Å². The first-order valence-electron chi connectivity index (χ1n) is 9.89. The van der Waals surface area contributed by atoms with Crippen molar-refractivity contribution in [1.29, 1.82) is 5.41 Å². The molecule has 10 heteroatoms. The number of carbonyl (C=O) groups excluding carboxylic acids is 1. The number of hydrogen-bond acceptors (Lipinski definition) is 8. The molecule has 33 heavy (non-hydrogen) atoms. The molecule has 1 atom stereocenters. The number of hydrogen-bond donors (Lipinski definition) is 6. The van der Waals surface area contributed by atoms with Crippen LogP contribution in [0.4, 0.5) is 0 Å². The summed E-state index contributed by atoms with van der Waals surface area (Å²) in [5, 5.41) is 22.4. The summed E-state index contributed by atoms with van der Waals surface area (Å²) in [6, 6.07) is 9.06. The number of allylic oxidation sites excluding steroid dienone is 1. The predicted octanol–water partition coefficient (Wildman–Crippen LogP) is 4.74. The Balaban J connectivity index is -0.000000108. The molecule has 0 aromatic heterocycles. The van der Waals surface area contributed by atoms with Gasteiger partial charge in [0, 0.05) is 33.3 Å². The van der Waals surface area contributed by atoms with Crippen LogP contribution in [0.3, 0.4) is 0 Å². The van der Waals surface area contributed by atoms with Crippen LogP contribution in [0.15, 0.2) is 43.0 Å². The summed E-state index contributed by atoms with van der Waals surface area (Å²) >= 11 is 0. The molecule has 0 bridgehead atoms. The van der Waals surface area contributed by atoms with E-state index in [-0.39, 0.29) is 43.2 Å². The van der Waals surface area contributed by atoms with Crippen molar-refractivity contribution < 1.29 is 27.7 Å². The van der Waals surface area contributed by atoms with E-state index in [1.54, 1.807) is 18.2 Å². The largest absolute Gasteiger partial charge is 0.381 e. The first kappa shape index (κ1) is 38.5. The fraction of sp³-hybridized carbons (Fsp3) is 0.565. The van der Waals surface area contributed by atoms with Gasteiger partial charge in [0.05, 0.1) is 12.6 Å². The van der Waals surface area contributed by atoms with Crippen LogP contribution in [0.5, 0.6) is 0 Å². The fourth-order valence-electron chi connectivity index (χ4n) is 2.92. The zero-order valence-electron chi connectivity index (χ0n) is 18.3. The molecule has 1 fully saturated rings. The number of rotatable bonds is 9. The van der Waals surface area contributed by atoms with Crippen LogP contribution in [0.1, 0.15) is 61.2 Å². The maximum absolute atomic E-state index is 12.0. The second kappa shape index (κ2) is 24.8. The fourth-order valence-corrected chi connectivity index (χ4v) is 2.92. The third-order valence-electron chi connectivity index (χ3n) is 4.38. The molecule has 1 aromatic carbocycles. The molecule has 1 saturated heterocycles. The molecule has 2 rings (SSSR count). The monoisotopic (exact) mass is 494 g/mol. The minimum atomic E-state index is -0.0955. The Morgan fingerprint density at radius 1 is 1.30 bits per heavy atom. The molecule has 1 aromatic rings. The van der Waals surface area contributed by atoms with E-state index in [2.05, 4.69) is 31.3 Å². The Hall–Kier alpha value is -1.79. The lowest BCUT2D eigenvalue weighted by atomic mass is 9.95. The molecule has 1 aliphatic heterocycles. The van der Waals surface area contributed by atoms with Crippen molar-refractivity contribution in [3.8, 4) is 0 Å². The quantitative estimate of drug-likeness (QED) is 0.126. The third kappa shape index (κ3) is 18.3. The van der Waals surface area contributed by atoms with Gasteiger partial charge >= 0.3 is 0 Å². The zero-order valence-corrected chi connectivity index (χ0v) is 19.3. The first-order valence-corrected chi connectivity index (χ1v) is 9.89. The number of hydrazine groups is 1. The highest BCUT2D eigenvalue weighted by Crippen LogP contribution is 2.15. The number of amides is 1. The van der Waals surface area contributed by atoms with E-state index in [0.29, 0.717) is 29.7 Å². The van der Waals surface area contributed by atoms with Gasteiger partial charge in [0.2, 0.25) is 0 Å². The smallest absolute Gasteiger partial charge is 0.251 e. The minimum absolute atomic E-state index is 0. The van der Waals surface area contributed by atoms with E-state index < -0.39 is 0 Å². The SMILES string of the molecule is C.C.C=CC(=N)C1CCOCC1.CC(C)C[C@H](CONN)NC(=O)c1ccccc1.OO.S.[HH].[HH]. The summed E-state index contributed by atoms with van der Waals surface area (Å²) in [4.78, 5) is 16.9. The Bertz CT molecular complexity index is 611. The van der Waals surface area contributed by atoms with Gasteiger partial charge in [0.1, 0.15) is 0 Å². The Labute approximate surface area is 209 Å². The maximum atomic E-state index is 12.0. The minimum Gasteiger partial charge on any atom is -0.381 e. The van der Waals surface area contributed by atoms with Gasteiger partial charge in [0.25, 0.3) is 5.91 Å². The molecule has 1 amide bonds. The van der Waals surface area contributed by atoms with Crippen molar-refractivity contribution in [2.75, 3.05) is 19.8 Å². The summed E-state index contributed by atoms with van der Waals surface area (Å²) in [6.45, 7) is 9.71. The van der Waals surface area contributed by atoms with E-state index in [0.717, 1.165) is 32.5 Å². The van der Waals surface area contributed by atoms with Gasteiger partial charge in [-0.3, -0.25) is 20.1 Å². The van der Waals surface area contributed by atoms with Gasteiger partial charge in [-0.2, -0.15) is 13.5 Å². The van der Waals surface area contributed by atoms with Crippen molar-refractivity contribution in [3.05, 3.63) is 48.6 Å². The van der Waals surface area contributed by atoms with Gasteiger partial charge in [-0.25, -0.2) is 5.84 Å². The Kier molecular flexibility index (Phi) is 29.0. The van der Waals surface area contributed by atoms with Crippen LogP contribution < -0.4 is 16.7 Å². The average Bonchev–Trinajstić information content (AvgIpc) is 2.79. The summed E-state index contributed by atoms with van der Waals surface area (Å²) < 4.78 is 5.16. The normalized spacial score (nSPS) is 13.2. The van der Waals surface area contributed by atoms with E-state index in [4.69, 9.17) is 31.3 Å². The van der Waals surface area contributed by atoms with Gasteiger partial charge < -0.3 is 15.5 Å². The number of nitrogens with two attached hydrogens (primary N) is 1. The third-order valence-corrected chi connectivity index (χ3v) is 4.38. The van der Waals surface area contributed by atoms with Crippen molar-refractivity contribution in [3.63, 3.8) is 0 Å². The first-order chi connectivity index (χ1) is 14.5. The number of carbonyl (C=O) groups is 1. The summed E-state index contributed by atoms with van der Waals surface area (Å²) in [7, 11) is 0. The standard InChI is InChI=1S/C13H21N3O2.C8H13NO.2CH4.H2O2.H2S.2H2/c1-10(2)8-12(9-18-16-14)15-13(17)11-6-4-3-5-7-11;1-2-8(9)7-3-5-10-6-4-7;;;1-2;;;/h3-7,10,12,16H,8-9,14H2,1-2H3,(H,15,17);2,7,9H,1,3-6H2;2*1H4;1-2H;1H2;2*1H/t12-;;;;;;;/m1......./s1. The Morgan fingerprint density at radius 2 is 1.85 bits per heavy atom. The number of ether oxygens (including phenoxy) is 1. The van der Waals surface area contributed by atoms with E-state index in [9.17, 15) is 4.79 Å². The molecule has 0 aliphatic carbocycles. The van der Waals surface area contributed by atoms with E-state index in [1.807, 2.05) is 18.2 Å². The molecule has 0 radical (unpaired) electrons. The highest BCUT2D eigenvalue weighted by molar-refractivity contribution is 7.59. The number of nitrogens with one attached hydrogen (secondary N) is 3. The lowest BCUT2D eigenvalue weighted by molar-refractivity contribution is -0.176. The average molecular weight is 495 g/mol. The summed E-state index contributed by atoms with van der Waals surface area (Å²) in [5.41, 5.74) is 3.45. The summed E-state index contributed by atoms with van der Waals surface area (Å²) in [6.07, 6.45) is 4.45. The van der Waals surface area contributed by atoms with Crippen molar-refractivity contribution in [1.82, 2.24) is 10.9 Å². The molecular formula is C23H50N4O5S. The zero-order chi connectivity index (χ0) is 22.8. The molecule has 1 aliphatic rings. The molecule has 1 heterocycles. The molecular weight excluding hydrogens is 444 g/mol. The van der Waals surface area contributed by atoms with Gasteiger partial charge in [0.15, 0.2) is 0 Å². The summed E-state index contributed by atoms with van der Waals surface area (Å²) in [5.74, 6) is 5.84. The highest BCUT2D eigenvalue weighted by atomic mass is 32.1. The Morgan fingerprint density at radius 3 is 2.30 bits per heavy atom. The topological polar surface area (TPSA) is 150 Å². The van der Waals surface area contributed by atoms with E-state index in [1.165, 1.54) is 0 Å². The molecule has 0 unspecified atom stereocenters. The van der Waals surface area contributed by atoms with Crippen molar-refractivity contribution in [2.45, 2.75) is 54.0 Å². The van der Waals surface area contributed by atoms with Gasteiger partial charge in [-0.05, 0) is 43.4 Å². The van der Waals surface area contributed by atoms with Crippen LogP contribution in [0.2, 0.25) is 0 Å². The van der Waals surface area contributed by atoms with Gasteiger partial charge in [-0.15, -0.1) is 5.59 Å². The highest BCUT2D eigenvalue weighted by Gasteiger charge is 2.16. The van der Waals surface area contributed by atoms with Crippen LogP contribution in [0, 0.1) is 17.2 Å². The van der Waals surface area contributed by atoms with Crippen molar-refractivity contribution in [2.24, 2.45) is 17.7 Å². The second-order valence-corrected chi connectivity index (χ2v) is 7.14. The molecule has 9 nitrogen and oxygen atoms in total. The second-order valence-electron chi connectivity index (χ2n) is 7.14. The van der Waals surface area contributed by atoms with Crippen molar-refractivity contribution >= 4 is 25.1 Å².